The van der Waals surface area contributed by atoms with Crippen molar-refractivity contribution in [3.63, 3.8) is 0 Å². The monoisotopic (exact) mass is 408 g/mol. The van der Waals surface area contributed by atoms with Crippen LogP contribution in [0.25, 0.3) is 4.98 Å². The number of ether oxygens (including phenoxy) is 1. The standard InChI is InChI=1S/C7H5BrN2O7S2.ClH/c1-17-4-2-3(8)6(18(11,12)13)7(5(4)10-9)19(14,15)16;/h2H,1H3,(H-,11,12,13,14,15,16);1H. The van der Waals surface area contributed by atoms with Gasteiger partial charge >= 0.3 is 15.8 Å². The van der Waals surface area contributed by atoms with E-state index in [1.807, 2.05) is 0 Å². The van der Waals surface area contributed by atoms with E-state index in [-0.39, 0.29) is 18.2 Å². The average molecular weight is 410 g/mol. The Morgan fingerprint density at radius 2 is 1.65 bits per heavy atom. The maximum Gasteiger partial charge on any atom is 0.448 e. The van der Waals surface area contributed by atoms with Crippen LogP contribution in [0.3, 0.4) is 0 Å². The van der Waals surface area contributed by atoms with Crippen molar-refractivity contribution in [2.45, 2.75) is 9.79 Å². The molecule has 0 saturated heterocycles. The Morgan fingerprint density at radius 3 is 1.95 bits per heavy atom. The predicted molar refractivity (Wildman–Crippen MR) is 65.1 cm³/mol. The molecule has 0 radical (unpaired) electrons. The zero-order chi connectivity index (χ0) is 15.0. The molecular formula is C7H6BrClN2O7S2. The van der Waals surface area contributed by atoms with Gasteiger partial charge in [0.1, 0.15) is 4.90 Å². The van der Waals surface area contributed by atoms with E-state index in [4.69, 9.17) is 14.5 Å². The van der Waals surface area contributed by atoms with E-state index >= 15 is 0 Å². The number of rotatable bonds is 3. The summed E-state index contributed by atoms with van der Waals surface area (Å²) < 4.78 is 67.1. The summed E-state index contributed by atoms with van der Waals surface area (Å²) in [7, 11) is -9.04. The van der Waals surface area contributed by atoms with Crippen molar-refractivity contribution in [2.24, 2.45) is 0 Å². The zero-order valence-electron chi connectivity index (χ0n) is 9.48. The Labute approximate surface area is 128 Å². The first kappa shape index (κ1) is 19.0. The van der Waals surface area contributed by atoms with E-state index in [2.05, 4.69) is 25.6 Å². The van der Waals surface area contributed by atoms with Gasteiger partial charge in [-0.1, -0.05) is 0 Å². The molecule has 1 aromatic rings. The van der Waals surface area contributed by atoms with E-state index in [1.165, 1.54) is 0 Å². The summed E-state index contributed by atoms with van der Waals surface area (Å²) in [4.78, 5) is 0.0970. The third kappa shape index (κ3) is 3.57. The van der Waals surface area contributed by atoms with E-state index in [0.29, 0.717) is 0 Å². The topological polar surface area (TPSA) is 146 Å². The molecule has 0 spiro atoms. The van der Waals surface area contributed by atoms with Crippen molar-refractivity contribution in [2.75, 3.05) is 7.11 Å². The van der Waals surface area contributed by atoms with Gasteiger partial charge < -0.3 is 17.1 Å². The second-order valence-electron chi connectivity index (χ2n) is 3.12. The van der Waals surface area contributed by atoms with Crippen LogP contribution in [0.1, 0.15) is 0 Å². The molecule has 112 valence electrons. The van der Waals surface area contributed by atoms with Crippen LogP contribution >= 0.6 is 15.9 Å². The number of methoxy groups -OCH3 is 1. The van der Waals surface area contributed by atoms with Gasteiger partial charge in [0.25, 0.3) is 10.1 Å². The molecule has 0 amide bonds. The van der Waals surface area contributed by atoms with Crippen LogP contribution in [0.15, 0.2) is 20.3 Å². The van der Waals surface area contributed by atoms with Gasteiger partial charge in [-0.3, -0.25) is 9.11 Å². The van der Waals surface area contributed by atoms with Gasteiger partial charge in [0, 0.05) is 10.5 Å². The highest BCUT2D eigenvalue weighted by atomic mass is 79.9. The average Bonchev–Trinajstić information content (AvgIpc) is 2.24. The first-order valence-electron chi connectivity index (χ1n) is 4.24. The summed E-state index contributed by atoms with van der Waals surface area (Å²) in [6.07, 6.45) is 0. The lowest BCUT2D eigenvalue weighted by Gasteiger charge is -2.06. The molecule has 1 rings (SSSR count). The maximum absolute atomic E-state index is 11.2. The fourth-order valence-electron chi connectivity index (χ4n) is 1.31. The normalized spacial score (nSPS) is 11.3. The van der Waals surface area contributed by atoms with Crippen molar-refractivity contribution < 1.29 is 43.1 Å². The second-order valence-corrected chi connectivity index (χ2v) is 6.69. The van der Waals surface area contributed by atoms with Crippen LogP contribution in [0.4, 0.5) is 5.69 Å². The summed E-state index contributed by atoms with van der Waals surface area (Å²) in [6.45, 7) is 0. The molecule has 13 heteroatoms. The predicted octanol–water partition coefficient (Wildman–Crippen LogP) is -1.56. The smallest absolute Gasteiger partial charge is 0.448 e. The van der Waals surface area contributed by atoms with Gasteiger partial charge in [-0.05, 0) is 15.9 Å². The van der Waals surface area contributed by atoms with Gasteiger partial charge in [-0.15, -0.1) is 0 Å². The molecule has 0 fully saturated rings. The fraction of sp³-hybridized carbons (Fsp3) is 0.143. The minimum absolute atomic E-state index is 0. The lowest BCUT2D eigenvalue weighted by Crippen LogP contribution is -3.00. The molecule has 0 saturated carbocycles. The molecule has 0 bridgehead atoms. The van der Waals surface area contributed by atoms with Crippen LogP contribution < -0.4 is 17.1 Å². The molecule has 2 N–H and O–H groups in total. The van der Waals surface area contributed by atoms with Crippen LogP contribution in [0.5, 0.6) is 5.75 Å². The Hall–Kier alpha value is -0.970. The Morgan fingerprint density at radius 1 is 1.20 bits per heavy atom. The molecule has 0 aliphatic rings. The Bertz CT molecular complexity index is 784. The highest BCUT2D eigenvalue weighted by molar-refractivity contribution is 9.10. The second kappa shape index (κ2) is 6.20. The Balaban J connectivity index is 0.00000361. The van der Waals surface area contributed by atoms with Crippen LogP contribution in [0.2, 0.25) is 0 Å². The molecular weight excluding hydrogens is 404 g/mol. The summed E-state index contributed by atoms with van der Waals surface area (Å²) >= 11 is 2.71. The highest BCUT2D eigenvalue weighted by Crippen LogP contribution is 2.43. The maximum atomic E-state index is 11.2. The number of hydrogen-bond acceptors (Lipinski definition) is 6. The van der Waals surface area contributed by atoms with Gasteiger partial charge in [0.05, 0.1) is 7.11 Å². The third-order valence-corrected chi connectivity index (χ3v) is 4.84. The minimum Gasteiger partial charge on any atom is -1.00 e. The Kier molecular flexibility index (Phi) is 5.90. The van der Waals surface area contributed by atoms with Gasteiger partial charge in [-0.2, -0.15) is 16.8 Å². The molecule has 1 aromatic carbocycles. The van der Waals surface area contributed by atoms with Crippen LogP contribution in [-0.2, 0) is 20.2 Å². The van der Waals surface area contributed by atoms with Gasteiger partial charge in [-0.25, -0.2) is 0 Å². The largest absolute Gasteiger partial charge is 1.00 e. The molecule has 9 nitrogen and oxygen atoms in total. The van der Waals surface area contributed by atoms with E-state index in [1.54, 1.807) is 0 Å². The lowest BCUT2D eigenvalue weighted by atomic mass is 10.3. The van der Waals surface area contributed by atoms with Crippen molar-refractivity contribution in [1.29, 1.82) is 5.39 Å². The number of nitrogens with zero attached hydrogens (tertiary/aromatic N) is 2. The van der Waals surface area contributed by atoms with Crippen molar-refractivity contribution in [3.8, 4) is 5.75 Å². The van der Waals surface area contributed by atoms with Crippen LogP contribution in [-0.4, -0.2) is 33.1 Å². The minimum atomic E-state index is -5.12. The van der Waals surface area contributed by atoms with Gasteiger partial charge in [0.2, 0.25) is 16.0 Å². The summed E-state index contributed by atoms with van der Waals surface area (Å²) in [5.41, 5.74) is -0.860. The molecule has 0 heterocycles. The number of hydrogen-bond donors (Lipinski definition) is 2. The van der Waals surface area contributed by atoms with E-state index in [9.17, 15) is 16.8 Å². The van der Waals surface area contributed by atoms with E-state index in [0.717, 1.165) is 13.2 Å². The summed E-state index contributed by atoms with van der Waals surface area (Å²) in [6, 6.07) is 0.951. The summed E-state index contributed by atoms with van der Waals surface area (Å²) in [5, 5.41) is 8.75. The SMILES string of the molecule is COc1cc(Br)c(S(=O)(=O)O)c(S(=O)(=O)O)c1[N+]#N.[Cl-]. The third-order valence-electron chi connectivity index (χ3n) is 1.97. The molecule has 0 atom stereocenters. The number of benzene rings is 1. The number of halogens is 2. The first-order chi connectivity index (χ1) is 8.54. The molecule has 0 aliphatic heterocycles. The van der Waals surface area contributed by atoms with Crippen LogP contribution in [0, 0.1) is 5.39 Å². The highest BCUT2D eigenvalue weighted by Gasteiger charge is 2.39. The van der Waals surface area contributed by atoms with Crippen molar-refractivity contribution in [3.05, 3.63) is 15.5 Å². The van der Waals surface area contributed by atoms with Crippen molar-refractivity contribution in [1.82, 2.24) is 0 Å². The van der Waals surface area contributed by atoms with Gasteiger partial charge in [0.15, 0.2) is 4.98 Å². The summed E-state index contributed by atoms with van der Waals surface area (Å²) in [5.74, 6) is -0.339. The fourth-order valence-corrected chi connectivity index (χ4v) is 4.46. The molecule has 0 unspecified atom stereocenters. The van der Waals surface area contributed by atoms with E-state index < -0.39 is 40.2 Å². The molecule has 0 aromatic heterocycles. The lowest BCUT2D eigenvalue weighted by molar-refractivity contribution is -0.0000124. The zero-order valence-corrected chi connectivity index (χ0v) is 13.5. The molecule has 0 aliphatic carbocycles. The van der Waals surface area contributed by atoms with Crippen molar-refractivity contribution >= 4 is 41.9 Å². The molecule has 20 heavy (non-hydrogen) atoms. The quantitative estimate of drug-likeness (QED) is 0.450. The number of diazo groups is 1. The first-order valence-corrected chi connectivity index (χ1v) is 7.92.